The van der Waals surface area contributed by atoms with Crippen LogP contribution in [0, 0.1) is 5.92 Å². The predicted octanol–water partition coefficient (Wildman–Crippen LogP) is 0.810. The van der Waals surface area contributed by atoms with Crippen molar-refractivity contribution in [2.45, 2.75) is 45.7 Å². The topological polar surface area (TPSA) is 49.4 Å². The molecule has 0 aromatic carbocycles. The molecule has 1 saturated heterocycles. The van der Waals surface area contributed by atoms with Crippen LogP contribution in [0.3, 0.4) is 0 Å². The van der Waals surface area contributed by atoms with Crippen molar-refractivity contribution in [1.82, 2.24) is 10.2 Å². The Kier molecular flexibility index (Phi) is 4.47. The SMILES string of the molecule is CN[C@@H](C)C(=O)N1C[C@@H](C)CCC1C(C)=O. The van der Waals surface area contributed by atoms with E-state index in [4.69, 9.17) is 0 Å². The number of hydrogen-bond acceptors (Lipinski definition) is 3. The molecular weight excluding hydrogens is 204 g/mol. The summed E-state index contributed by atoms with van der Waals surface area (Å²) in [6.45, 7) is 6.24. The van der Waals surface area contributed by atoms with Crippen molar-refractivity contribution in [2.75, 3.05) is 13.6 Å². The number of Topliss-reactive ketones (excluding diaryl/α,β-unsaturated/α-hetero) is 1. The van der Waals surface area contributed by atoms with Gasteiger partial charge >= 0.3 is 0 Å². The van der Waals surface area contributed by atoms with Gasteiger partial charge in [-0.1, -0.05) is 6.92 Å². The zero-order chi connectivity index (χ0) is 12.3. The number of nitrogens with zero attached hydrogens (tertiary/aromatic N) is 1. The zero-order valence-electron chi connectivity index (χ0n) is 10.6. The molecule has 4 nitrogen and oxygen atoms in total. The molecule has 0 aromatic rings. The maximum atomic E-state index is 12.1. The number of rotatable bonds is 3. The Balaban J connectivity index is 2.78. The lowest BCUT2D eigenvalue weighted by atomic mass is 9.91. The molecule has 3 atom stereocenters. The average Bonchev–Trinajstić information content (AvgIpc) is 2.26. The molecule has 1 fully saturated rings. The van der Waals surface area contributed by atoms with E-state index in [1.807, 2.05) is 6.92 Å². The fourth-order valence-electron chi connectivity index (χ4n) is 2.19. The summed E-state index contributed by atoms with van der Waals surface area (Å²) >= 11 is 0. The van der Waals surface area contributed by atoms with Crippen molar-refractivity contribution in [3.63, 3.8) is 0 Å². The van der Waals surface area contributed by atoms with E-state index in [1.54, 1.807) is 18.9 Å². The molecular formula is C12H22N2O2. The number of likely N-dealkylation sites (N-methyl/N-ethyl adjacent to an activating group) is 1. The Morgan fingerprint density at radius 3 is 2.50 bits per heavy atom. The van der Waals surface area contributed by atoms with E-state index in [9.17, 15) is 9.59 Å². The van der Waals surface area contributed by atoms with Crippen LogP contribution >= 0.6 is 0 Å². The first-order valence-electron chi connectivity index (χ1n) is 5.95. The standard InChI is InChI=1S/C12H22N2O2/c1-8-5-6-11(10(3)15)14(7-8)12(16)9(2)13-4/h8-9,11,13H,5-7H2,1-4H3/t8-,9-,11?/m0/s1. The normalized spacial score (nSPS) is 27.6. The smallest absolute Gasteiger partial charge is 0.240 e. The number of piperidine rings is 1. The van der Waals surface area contributed by atoms with Crippen molar-refractivity contribution in [2.24, 2.45) is 5.92 Å². The fourth-order valence-corrected chi connectivity index (χ4v) is 2.19. The lowest BCUT2D eigenvalue weighted by Crippen LogP contribution is -2.54. The fraction of sp³-hybridized carbons (Fsp3) is 0.833. The van der Waals surface area contributed by atoms with Gasteiger partial charge in [-0.3, -0.25) is 9.59 Å². The summed E-state index contributed by atoms with van der Waals surface area (Å²) in [6.07, 6.45) is 1.83. The second kappa shape index (κ2) is 5.43. The Bertz CT molecular complexity index is 278. The first kappa shape index (κ1) is 13.2. The van der Waals surface area contributed by atoms with Gasteiger partial charge < -0.3 is 10.2 Å². The highest BCUT2D eigenvalue weighted by atomic mass is 16.2. The molecule has 1 heterocycles. The molecule has 0 bridgehead atoms. The van der Waals surface area contributed by atoms with Crippen LogP contribution in [0.2, 0.25) is 0 Å². The summed E-state index contributed by atoms with van der Waals surface area (Å²) in [7, 11) is 1.76. The third-order valence-corrected chi connectivity index (χ3v) is 3.37. The molecule has 0 radical (unpaired) electrons. The minimum Gasteiger partial charge on any atom is -0.331 e. The van der Waals surface area contributed by atoms with Crippen molar-refractivity contribution in [3.8, 4) is 0 Å². The average molecular weight is 226 g/mol. The summed E-state index contributed by atoms with van der Waals surface area (Å²) in [5.41, 5.74) is 0. The van der Waals surface area contributed by atoms with Gasteiger partial charge in [-0.2, -0.15) is 0 Å². The van der Waals surface area contributed by atoms with Gasteiger partial charge in [0.05, 0.1) is 12.1 Å². The molecule has 1 unspecified atom stereocenters. The quantitative estimate of drug-likeness (QED) is 0.775. The Hall–Kier alpha value is -0.900. The van der Waals surface area contributed by atoms with E-state index >= 15 is 0 Å². The molecule has 92 valence electrons. The highest BCUT2D eigenvalue weighted by Gasteiger charge is 2.34. The monoisotopic (exact) mass is 226 g/mol. The van der Waals surface area contributed by atoms with Gasteiger partial charge in [0, 0.05) is 6.54 Å². The van der Waals surface area contributed by atoms with E-state index in [-0.39, 0.29) is 23.8 Å². The summed E-state index contributed by atoms with van der Waals surface area (Å²) in [6, 6.07) is -0.424. The molecule has 1 N–H and O–H groups in total. The molecule has 4 heteroatoms. The third-order valence-electron chi connectivity index (χ3n) is 3.37. The lowest BCUT2D eigenvalue weighted by molar-refractivity contribution is -0.143. The molecule has 0 aliphatic carbocycles. The number of amides is 1. The first-order chi connectivity index (χ1) is 7.47. The summed E-state index contributed by atoms with van der Waals surface area (Å²) in [5.74, 6) is 0.626. The molecule has 1 amide bonds. The Morgan fingerprint density at radius 2 is 2.00 bits per heavy atom. The molecule has 1 aliphatic heterocycles. The summed E-state index contributed by atoms with van der Waals surface area (Å²) in [5, 5.41) is 2.93. The number of hydrogen-bond donors (Lipinski definition) is 1. The maximum absolute atomic E-state index is 12.1. The van der Waals surface area contributed by atoms with Crippen molar-refractivity contribution in [1.29, 1.82) is 0 Å². The minimum atomic E-state index is -0.216. The Labute approximate surface area is 97.4 Å². The number of ketones is 1. The lowest BCUT2D eigenvalue weighted by Gasteiger charge is -2.38. The van der Waals surface area contributed by atoms with E-state index < -0.39 is 0 Å². The zero-order valence-corrected chi connectivity index (χ0v) is 10.6. The van der Waals surface area contributed by atoms with Crippen LogP contribution < -0.4 is 5.32 Å². The van der Waals surface area contributed by atoms with Gasteiger partial charge in [0.15, 0.2) is 5.78 Å². The van der Waals surface area contributed by atoms with Gasteiger partial charge in [-0.05, 0) is 39.7 Å². The van der Waals surface area contributed by atoms with Gasteiger partial charge in [0.2, 0.25) is 5.91 Å². The van der Waals surface area contributed by atoms with Crippen LogP contribution in [0.25, 0.3) is 0 Å². The van der Waals surface area contributed by atoms with Gasteiger partial charge in [0.25, 0.3) is 0 Å². The molecule has 1 rings (SSSR count). The van der Waals surface area contributed by atoms with E-state index in [2.05, 4.69) is 12.2 Å². The van der Waals surface area contributed by atoms with Crippen LogP contribution in [0.5, 0.6) is 0 Å². The molecule has 0 aromatic heterocycles. The second-order valence-corrected chi connectivity index (χ2v) is 4.81. The highest BCUT2D eigenvalue weighted by Crippen LogP contribution is 2.22. The van der Waals surface area contributed by atoms with E-state index in [0.717, 1.165) is 12.8 Å². The van der Waals surface area contributed by atoms with Crippen molar-refractivity contribution in [3.05, 3.63) is 0 Å². The maximum Gasteiger partial charge on any atom is 0.240 e. The van der Waals surface area contributed by atoms with Gasteiger partial charge in [-0.15, -0.1) is 0 Å². The van der Waals surface area contributed by atoms with E-state index in [0.29, 0.717) is 12.5 Å². The van der Waals surface area contributed by atoms with Crippen LogP contribution in [0.4, 0.5) is 0 Å². The van der Waals surface area contributed by atoms with Gasteiger partial charge in [-0.25, -0.2) is 0 Å². The number of nitrogens with one attached hydrogen (secondary N) is 1. The summed E-state index contributed by atoms with van der Waals surface area (Å²) in [4.78, 5) is 25.4. The second-order valence-electron chi connectivity index (χ2n) is 4.81. The summed E-state index contributed by atoms with van der Waals surface area (Å²) < 4.78 is 0. The van der Waals surface area contributed by atoms with Crippen LogP contribution in [-0.2, 0) is 9.59 Å². The molecule has 1 aliphatic rings. The number of likely N-dealkylation sites (tertiary alicyclic amines) is 1. The third kappa shape index (κ3) is 2.82. The van der Waals surface area contributed by atoms with Crippen molar-refractivity contribution >= 4 is 11.7 Å². The van der Waals surface area contributed by atoms with E-state index in [1.165, 1.54) is 0 Å². The van der Waals surface area contributed by atoms with Crippen LogP contribution in [0.15, 0.2) is 0 Å². The number of carbonyl (C=O) groups excluding carboxylic acids is 2. The molecule has 16 heavy (non-hydrogen) atoms. The largest absolute Gasteiger partial charge is 0.331 e. The number of carbonyl (C=O) groups is 2. The predicted molar refractivity (Wildman–Crippen MR) is 63.1 cm³/mol. The van der Waals surface area contributed by atoms with Gasteiger partial charge in [0.1, 0.15) is 0 Å². The first-order valence-corrected chi connectivity index (χ1v) is 5.95. The minimum absolute atomic E-state index is 0.0363. The molecule has 0 spiro atoms. The van der Waals surface area contributed by atoms with Crippen molar-refractivity contribution < 1.29 is 9.59 Å². The Morgan fingerprint density at radius 1 is 1.38 bits per heavy atom. The van der Waals surface area contributed by atoms with Crippen LogP contribution in [0.1, 0.15) is 33.6 Å². The molecule has 0 saturated carbocycles. The van der Waals surface area contributed by atoms with Crippen LogP contribution in [-0.4, -0.2) is 42.3 Å². The highest BCUT2D eigenvalue weighted by molar-refractivity contribution is 5.89.